The van der Waals surface area contributed by atoms with Crippen LogP contribution >= 0.6 is 63.7 Å². The zero-order valence-electron chi connectivity index (χ0n) is 5.82. The average molecular weight is 429 g/mol. The maximum atomic E-state index is 10.8. The molecule has 0 aromatic rings. The number of carbonyl (C=O) groups excluding carboxylic acids is 1. The minimum atomic E-state index is -0.993. The van der Waals surface area contributed by atoms with Gasteiger partial charge in [0.2, 0.25) is 0 Å². The molecule has 6 heteroatoms. The van der Waals surface area contributed by atoms with E-state index >= 15 is 0 Å². The number of carboxylic acids is 1. The number of carboxylic acid groups (broad SMARTS) is 1. The second-order valence-corrected chi connectivity index (χ2v) is 10.7. The first-order valence-electron chi connectivity index (χ1n) is 3.23. The summed E-state index contributed by atoms with van der Waals surface area (Å²) in [6.07, 6.45) is 1.32. The molecule has 70 valence electrons. The van der Waals surface area contributed by atoms with E-state index in [2.05, 4.69) is 63.7 Å². The molecule has 2 nitrogen and oxygen atoms in total. The smallest absolute Gasteiger partial charge is 0.148 e. The van der Waals surface area contributed by atoms with E-state index in [1.165, 1.54) is 0 Å². The highest BCUT2D eigenvalue weighted by atomic mass is 80.0. The summed E-state index contributed by atoms with van der Waals surface area (Å²) in [5.74, 6) is -0.993. The van der Waals surface area contributed by atoms with Gasteiger partial charge in [-0.3, -0.25) is 0 Å². The number of aliphatic carboxylic acids is 1. The Morgan fingerprint density at radius 2 is 1.83 bits per heavy atom. The van der Waals surface area contributed by atoms with Gasteiger partial charge in [-0.15, -0.1) is 0 Å². The van der Waals surface area contributed by atoms with Crippen LogP contribution < -0.4 is 5.11 Å². The van der Waals surface area contributed by atoms with Gasteiger partial charge in [0.25, 0.3) is 0 Å². The second kappa shape index (κ2) is 3.51. The Bertz CT molecular complexity index is 206. The molecule has 0 amide bonds. The summed E-state index contributed by atoms with van der Waals surface area (Å²) < 4.78 is -0.580. The fourth-order valence-electron chi connectivity index (χ4n) is 1.01. The monoisotopic (exact) mass is 425 g/mol. The molecule has 1 aliphatic carbocycles. The average Bonchev–Trinajstić information content (AvgIpc) is 2.62. The van der Waals surface area contributed by atoms with Gasteiger partial charge in [-0.2, -0.15) is 0 Å². The number of rotatable bonds is 2. The fraction of sp³-hybridized carbons (Fsp3) is 0.833. The SMILES string of the molecule is O=C([O-])C1(C(Br)C(Br)(Br)Br)CC1. The number of alkyl halides is 4. The molecule has 12 heavy (non-hydrogen) atoms. The minimum absolute atomic E-state index is 0.234. The Kier molecular flexibility index (Phi) is 3.36. The summed E-state index contributed by atoms with van der Waals surface area (Å²) in [7, 11) is 0. The van der Waals surface area contributed by atoms with Crippen molar-refractivity contribution in [1.29, 1.82) is 0 Å². The molecule has 1 atom stereocenters. The topological polar surface area (TPSA) is 40.1 Å². The molecule has 1 aliphatic rings. The standard InChI is InChI=1S/C6H6Br4O2/c7-3(6(8,9)10)5(1-2-5)4(11)12/h3H,1-2H2,(H,11,12)/p-1. The van der Waals surface area contributed by atoms with Crippen LogP contribution in [0, 0.1) is 5.41 Å². The Labute approximate surface area is 104 Å². The van der Waals surface area contributed by atoms with Crippen LogP contribution in [-0.4, -0.2) is 12.9 Å². The summed E-state index contributed by atoms with van der Waals surface area (Å²) in [6, 6.07) is 0. The lowest BCUT2D eigenvalue weighted by atomic mass is 10.1. The summed E-state index contributed by atoms with van der Waals surface area (Å²) in [5, 5.41) is 10.8. The molecule has 0 radical (unpaired) electrons. The molecule has 0 aromatic carbocycles. The van der Waals surface area contributed by atoms with Gasteiger partial charge < -0.3 is 9.90 Å². The third-order valence-corrected chi connectivity index (χ3v) is 6.75. The van der Waals surface area contributed by atoms with Gasteiger partial charge in [0.05, 0.1) is 4.83 Å². The van der Waals surface area contributed by atoms with E-state index in [0.717, 1.165) is 0 Å². The van der Waals surface area contributed by atoms with Gasteiger partial charge in [-0.25, -0.2) is 0 Å². The van der Waals surface area contributed by atoms with Crippen molar-refractivity contribution in [3.05, 3.63) is 0 Å². The summed E-state index contributed by atoms with van der Waals surface area (Å²) >= 11 is 13.2. The maximum absolute atomic E-state index is 10.8. The first kappa shape index (κ1) is 11.5. The third kappa shape index (κ3) is 2.07. The highest BCUT2D eigenvalue weighted by Crippen LogP contribution is 2.59. The van der Waals surface area contributed by atoms with Gasteiger partial charge >= 0.3 is 0 Å². The Morgan fingerprint density at radius 1 is 1.42 bits per heavy atom. The van der Waals surface area contributed by atoms with Gasteiger partial charge in [-0.05, 0) is 12.8 Å². The van der Waals surface area contributed by atoms with Crippen LogP contribution in [0.25, 0.3) is 0 Å². The number of hydrogen-bond donors (Lipinski definition) is 0. The lowest BCUT2D eigenvalue weighted by molar-refractivity contribution is -0.313. The lowest BCUT2D eigenvalue weighted by Gasteiger charge is -2.29. The minimum Gasteiger partial charge on any atom is -0.550 e. The fourth-order valence-corrected chi connectivity index (χ4v) is 2.97. The van der Waals surface area contributed by atoms with Crippen LogP contribution in [0.15, 0.2) is 0 Å². The van der Waals surface area contributed by atoms with Crippen LogP contribution in [0.1, 0.15) is 12.8 Å². The van der Waals surface area contributed by atoms with Crippen molar-refractivity contribution in [2.45, 2.75) is 19.8 Å². The van der Waals surface area contributed by atoms with Crippen molar-refractivity contribution in [1.82, 2.24) is 0 Å². The highest BCUT2D eigenvalue weighted by Gasteiger charge is 2.55. The van der Waals surface area contributed by atoms with E-state index in [-0.39, 0.29) is 4.83 Å². The molecular weight excluding hydrogens is 424 g/mol. The Morgan fingerprint density at radius 3 is 1.92 bits per heavy atom. The molecule has 0 aliphatic heterocycles. The molecule has 1 fully saturated rings. The van der Waals surface area contributed by atoms with Crippen LogP contribution in [0.5, 0.6) is 0 Å². The van der Waals surface area contributed by atoms with Crippen LogP contribution in [-0.2, 0) is 4.79 Å². The predicted octanol–water partition coefficient (Wildman–Crippen LogP) is 2.12. The molecule has 0 saturated heterocycles. The molecule has 0 bridgehead atoms. The van der Waals surface area contributed by atoms with E-state index in [1.807, 2.05) is 0 Å². The maximum Gasteiger partial charge on any atom is 0.148 e. The molecule has 0 aromatic heterocycles. The zero-order valence-corrected chi connectivity index (χ0v) is 12.2. The Hall–Kier alpha value is 1.39. The summed E-state index contributed by atoms with van der Waals surface area (Å²) in [6.45, 7) is 0. The molecule has 1 rings (SSSR count). The van der Waals surface area contributed by atoms with Crippen LogP contribution in [0.3, 0.4) is 0 Å². The number of hydrogen-bond acceptors (Lipinski definition) is 2. The molecular formula is C6H5Br4O2-. The first-order valence-corrected chi connectivity index (χ1v) is 6.52. The van der Waals surface area contributed by atoms with Crippen molar-refractivity contribution >= 4 is 69.7 Å². The predicted molar refractivity (Wildman–Crippen MR) is 58.9 cm³/mol. The van der Waals surface area contributed by atoms with E-state index in [1.54, 1.807) is 0 Å². The van der Waals surface area contributed by atoms with E-state index in [9.17, 15) is 9.90 Å². The molecule has 0 spiro atoms. The summed E-state index contributed by atoms with van der Waals surface area (Å²) in [4.78, 5) is 10.5. The van der Waals surface area contributed by atoms with Crippen LogP contribution in [0.4, 0.5) is 0 Å². The molecule has 1 saturated carbocycles. The second-order valence-electron chi connectivity index (χ2n) is 2.85. The molecule has 0 N–H and O–H groups in total. The number of carbonyl (C=O) groups is 1. The highest BCUT2D eigenvalue weighted by molar-refractivity contribution is 9.40. The van der Waals surface area contributed by atoms with Gasteiger partial charge in [0.15, 0.2) is 0 Å². The molecule has 0 heterocycles. The van der Waals surface area contributed by atoms with E-state index < -0.39 is 13.5 Å². The first-order chi connectivity index (χ1) is 5.31. The zero-order chi connectivity index (χ0) is 9.57. The van der Waals surface area contributed by atoms with E-state index in [0.29, 0.717) is 12.8 Å². The molecule has 1 unspecified atom stereocenters. The number of halogens is 4. The van der Waals surface area contributed by atoms with Crippen molar-refractivity contribution in [3.63, 3.8) is 0 Å². The third-order valence-electron chi connectivity index (χ3n) is 1.97. The normalized spacial score (nSPS) is 23.3. The lowest BCUT2D eigenvalue weighted by Crippen LogP contribution is -2.42. The van der Waals surface area contributed by atoms with Crippen molar-refractivity contribution in [2.24, 2.45) is 5.41 Å². The van der Waals surface area contributed by atoms with Crippen LogP contribution in [0.2, 0.25) is 0 Å². The largest absolute Gasteiger partial charge is 0.550 e. The van der Waals surface area contributed by atoms with Gasteiger partial charge in [0, 0.05) is 11.4 Å². The van der Waals surface area contributed by atoms with Gasteiger partial charge in [-0.1, -0.05) is 63.7 Å². The summed E-state index contributed by atoms with van der Waals surface area (Å²) in [5.41, 5.74) is -0.726. The van der Waals surface area contributed by atoms with Crippen molar-refractivity contribution < 1.29 is 9.90 Å². The Balaban J connectivity index is 2.77. The van der Waals surface area contributed by atoms with Gasteiger partial charge in [0.1, 0.15) is 2.14 Å². The van der Waals surface area contributed by atoms with Crippen molar-refractivity contribution in [2.75, 3.05) is 0 Å². The van der Waals surface area contributed by atoms with E-state index in [4.69, 9.17) is 0 Å². The van der Waals surface area contributed by atoms with Crippen molar-refractivity contribution in [3.8, 4) is 0 Å². The quantitative estimate of drug-likeness (QED) is 0.632.